The van der Waals surface area contributed by atoms with E-state index in [-0.39, 0.29) is 12.1 Å². The van der Waals surface area contributed by atoms with E-state index in [1.54, 1.807) is 4.90 Å². The van der Waals surface area contributed by atoms with Gasteiger partial charge in [-0.25, -0.2) is 4.79 Å². The van der Waals surface area contributed by atoms with Gasteiger partial charge in [-0.2, -0.15) is 10.5 Å². The first-order chi connectivity index (χ1) is 20.8. The molecule has 0 N–H and O–H groups in total. The molecule has 1 unspecified atom stereocenters. The number of carbonyl (C=O) groups excluding carboxylic acids is 1. The molecule has 1 amide bonds. The van der Waals surface area contributed by atoms with Crippen molar-refractivity contribution in [1.29, 1.82) is 10.5 Å². The highest BCUT2D eigenvalue weighted by atomic mass is 16.6. The van der Waals surface area contributed by atoms with Gasteiger partial charge in [0.25, 0.3) is 0 Å². The number of amides is 1. The summed E-state index contributed by atoms with van der Waals surface area (Å²) in [4.78, 5) is 17.5. The number of benzene rings is 4. The maximum absolute atomic E-state index is 13.4. The molecular formula is C37H36N4O2. The van der Waals surface area contributed by atoms with E-state index in [0.29, 0.717) is 32.5 Å². The number of nitrogens with zero attached hydrogens (tertiary/aromatic N) is 4. The molecule has 4 aromatic rings. The molecule has 4 aromatic carbocycles. The third-order valence-corrected chi connectivity index (χ3v) is 7.62. The number of rotatable bonds is 6. The Morgan fingerprint density at radius 3 is 1.93 bits per heavy atom. The number of anilines is 1. The smallest absolute Gasteiger partial charge is 0.410 e. The van der Waals surface area contributed by atoms with Gasteiger partial charge in [0.2, 0.25) is 0 Å². The summed E-state index contributed by atoms with van der Waals surface area (Å²) in [5.74, 6) is 0. The van der Waals surface area contributed by atoms with Crippen molar-refractivity contribution < 1.29 is 9.53 Å². The molecule has 1 aliphatic heterocycles. The zero-order valence-corrected chi connectivity index (χ0v) is 25.0. The second kappa shape index (κ2) is 12.8. The molecule has 0 aromatic heterocycles. The molecule has 43 heavy (non-hydrogen) atoms. The van der Waals surface area contributed by atoms with E-state index in [1.807, 2.05) is 69.3 Å². The Labute approximate surface area is 254 Å². The minimum atomic E-state index is -0.602. The Balaban J connectivity index is 1.67. The molecule has 5 rings (SSSR count). The number of nitriles is 2. The summed E-state index contributed by atoms with van der Waals surface area (Å²) in [6.07, 6.45) is 0.318. The lowest BCUT2D eigenvalue weighted by Gasteiger charge is -2.44. The molecule has 0 aliphatic carbocycles. The molecular weight excluding hydrogens is 532 g/mol. The molecule has 1 heterocycles. The predicted octanol–water partition coefficient (Wildman–Crippen LogP) is 7.95. The molecule has 0 spiro atoms. The van der Waals surface area contributed by atoms with Crippen molar-refractivity contribution in [3.63, 3.8) is 0 Å². The van der Waals surface area contributed by atoms with Gasteiger partial charge in [-0.05, 0) is 72.4 Å². The van der Waals surface area contributed by atoms with Crippen LogP contribution in [0.2, 0.25) is 0 Å². The summed E-state index contributed by atoms with van der Waals surface area (Å²) in [6.45, 7) is 7.18. The van der Waals surface area contributed by atoms with Crippen LogP contribution in [0.3, 0.4) is 0 Å². The number of ether oxygens (including phenoxy) is 1. The van der Waals surface area contributed by atoms with E-state index >= 15 is 0 Å². The van der Waals surface area contributed by atoms with Gasteiger partial charge in [0.05, 0.1) is 31.0 Å². The fourth-order valence-corrected chi connectivity index (χ4v) is 5.68. The molecule has 6 nitrogen and oxygen atoms in total. The summed E-state index contributed by atoms with van der Waals surface area (Å²) in [7, 11) is 0. The Bertz CT molecular complexity index is 1660. The highest BCUT2D eigenvalue weighted by Gasteiger charge is 2.35. The van der Waals surface area contributed by atoms with Gasteiger partial charge in [-0.1, -0.05) is 78.9 Å². The van der Waals surface area contributed by atoms with Crippen molar-refractivity contribution in [3.05, 3.63) is 114 Å². The Morgan fingerprint density at radius 2 is 1.35 bits per heavy atom. The summed E-state index contributed by atoms with van der Waals surface area (Å²) in [5, 5.41) is 18.9. The van der Waals surface area contributed by atoms with Crippen molar-refractivity contribution in [2.75, 3.05) is 24.5 Å². The molecule has 0 saturated carbocycles. The average molecular weight is 569 g/mol. The largest absolute Gasteiger partial charge is 0.444 e. The van der Waals surface area contributed by atoms with E-state index in [1.165, 1.54) is 0 Å². The van der Waals surface area contributed by atoms with Crippen molar-refractivity contribution in [2.24, 2.45) is 0 Å². The zero-order valence-electron chi connectivity index (χ0n) is 25.0. The fourth-order valence-electron chi connectivity index (χ4n) is 5.68. The van der Waals surface area contributed by atoms with Gasteiger partial charge in [-0.3, -0.25) is 0 Å². The van der Waals surface area contributed by atoms with E-state index in [4.69, 9.17) is 4.74 Å². The zero-order chi connectivity index (χ0) is 30.4. The van der Waals surface area contributed by atoms with Crippen molar-refractivity contribution in [2.45, 2.75) is 45.3 Å². The van der Waals surface area contributed by atoms with Crippen LogP contribution in [0, 0.1) is 22.7 Å². The van der Waals surface area contributed by atoms with Gasteiger partial charge in [0.15, 0.2) is 0 Å². The summed E-state index contributed by atoms with van der Waals surface area (Å²) >= 11 is 0. The third-order valence-electron chi connectivity index (χ3n) is 7.62. The number of hydrogen-bond acceptors (Lipinski definition) is 5. The number of hydrogen-bond donors (Lipinski definition) is 0. The second-order valence-corrected chi connectivity index (χ2v) is 11.8. The maximum atomic E-state index is 13.4. The molecule has 0 radical (unpaired) electrons. The normalized spacial score (nSPS) is 15.0. The first-order valence-electron chi connectivity index (χ1n) is 14.6. The van der Waals surface area contributed by atoms with E-state index in [0.717, 1.165) is 44.6 Å². The summed E-state index contributed by atoms with van der Waals surface area (Å²) in [6, 6.07) is 37.3. The lowest BCUT2D eigenvalue weighted by molar-refractivity contribution is 0.0214. The molecule has 1 saturated heterocycles. The highest BCUT2D eigenvalue weighted by Crippen LogP contribution is 2.41. The van der Waals surface area contributed by atoms with Gasteiger partial charge in [-0.15, -0.1) is 0 Å². The molecule has 6 heteroatoms. The van der Waals surface area contributed by atoms with Crippen LogP contribution in [-0.2, 0) is 17.6 Å². The SMILES string of the molecule is CC(C)(C)OC(=O)N1CCN(c2ccc(CC#N)cc2-c2ccccc2)C(c2ccc(CC#N)cc2-c2ccccc2)C1. The minimum Gasteiger partial charge on any atom is -0.444 e. The van der Waals surface area contributed by atoms with E-state index < -0.39 is 5.60 Å². The predicted molar refractivity (Wildman–Crippen MR) is 170 cm³/mol. The number of piperazine rings is 1. The van der Waals surface area contributed by atoms with Gasteiger partial charge in [0, 0.05) is 30.9 Å². The van der Waals surface area contributed by atoms with Crippen LogP contribution in [0.25, 0.3) is 22.3 Å². The van der Waals surface area contributed by atoms with Crippen molar-refractivity contribution in [1.82, 2.24) is 4.90 Å². The minimum absolute atomic E-state index is 0.197. The Kier molecular flexibility index (Phi) is 8.79. The third kappa shape index (κ3) is 6.88. The van der Waals surface area contributed by atoms with Crippen LogP contribution in [0.4, 0.5) is 10.5 Å². The van der Waals surface area contributed by atoms with Gasteiger partial charge in [0.1, 0.15) is 5.60 Å². The highest BCUT2D eigenvalue weighted by molar-refractivity contribution is 5.81. The first kappa shape index (κ1) is 29.4. The Morgan fingerprint density at radius 1 is 0.791 bits per heavy atom. The van der Waals surface area contributed by atoms with Gasteiger partial charge >= 0.3 is 6.09 Å². The van der Waals surface area contributed by atoms with Crippen LogP contribution >= 0.6 is 0 Å². The van der Waals surface area contributed by atoms with Crippen LogP contribution in [0.15, 0.2) is 97.1 Å². The lowest BCUT2D eigenvalue weighted by Crippen LogP contribution is -2.52. The average Bonchev–Trinajstić information content (AvgIpc) is 3.01. The summed E-state index contributed by atoms with van der Waals surface area (Å²) < 4.78 is 5.81. The van der Waals surface area contributed by atoms with Crippen LogP contribution in [0.5, 0.6) is 0 Å². The summed E-state index contributed by atoms with van der Waals surface area (Å²) in [5.41, 5.74) is 7.63. The molecule has 1 fully saturated rings. The monoisotopic (exact) mass is 568 g/mol. The van der Waals surface area contributed by atoms with Crippen LogP contribution in [-0.4, -0.2) is 36.2 Å². The quantitative estimate of drug-likeness (QED) is 0.236. The van der Waals surface area contributed by atoms with Crippen LogP contribution in [0.1, 0.15) is 43.5 Å². The molecule has 1 atom stereocenters. The molecule has 0 bridgehead atoms. The fraction of sp³-hybridized carbons (Fsp3) is 0.270. The Hall–Kier alpha value is -5.07. The molecule has 216 valence electrons. The second-order valence-electron chi connectivity index (χ2n) is 11.8. The topological polar surface area (TPSA) is 80.4 Å². The standard InChI is InChI=1S/C37H36N4O2/c1-37(2,3)43-36(42)40-22-23-41(34-17-15-28(19-21-39)25-33(34)30-12-8-5-9-13-30)35(26-40)31-16-14-27(18-20-38)24-32(31)29-10-6-4-7-11-29/h4-17,24-25,35H,18-19,22-23,26H2,1-3H3. The first-order valence-corrected chi connectivity index (χ1v) is 14.6. The number of carbonyl (C=O) groups is 1. The molecule has 1 aliphatic rings. The van der Waals surface area contributed by atoms with E-state index in [2.05, 4.69) is 65.6 Å². The van der Waals surface area contributed by atoms with Crippen molar-refractivity contribution in [3.8, 4) is 34.4 Å². The van der Waals surface area contributed by atoms with Gasteiger partial charge < -0.3 is 14.5 Å². The lowest BCUT2D eigenvalue weighted by atomic mass is 9.89. The van der Waals surface area contributed by atoms with Crippen molar-refractivity contribution >= 4 is 11.8 Å². The van der Waals surface area contributed by atoms with E-state index in [9.17, 15) is 15.3 Å². The van der Waals surface area contributed by atoms with Crippen LogP contribution < -0.4 is 4.90 Å². The maximum Gasteiger partial charge on any atom is 0.410 e.